The molecule has 0 saturated carbocycles. The van der Waals surface area contributed by atoms with Crippen LogP contribution in [0.5, 0.6) is 0 Å². The number of pyridine rings is 1. The summed E-state index contributed by atoms with van der Waals surface area (Å²) in [5, 5.41) is 8.85. The molecule has 0 aliphatic rings. The number of aromatic carboxylic acids is 1. The fraction of sp³-hybridized carbons (Fsp3) is 0.0769. The van der Waals surface area contributed by atoms with Crippen LogP contribution in [0.4, 0.5) is 0 Å². The second-order valence-electron chi connectivity index (χ2n) is 3.50. The van der Waals surface area contributed by atoms with Crippen LogP contribution in [0.15, 0.2) is 48.7 Å². The summed E-state index contributed by atoms with van der Waals surface area (Å²) in [6.07, 6.45) is 2.18. The predicted molar refractivity (Wildman–Crippen MR) is 60.4 cm³/mol. The molecule has 2 aromatic rings. The molecule has 0 unspecified atom stereocenters. The van der Waals surface area contributed by atoms with Crippen LogP contribution in [-0.2, 0) is 6.42 Å². The first-order chi connectivity index (χ1) is 7.75. The maximum absolute atomic E-state index is 10.8. The Morgan fingerprint density at radius 2 is 1.94 bits per heavy atom. The normalized spacial score (nSPS) is 10.0. The highest BCUT2D eigenvalue weighted by Crippen LogP contribution is 2.08. The molecule has 0 radical (unpaired) electrons. The average molecular weight is 213 g/mol. The summed E-state index contributed by atoms with van der Waals surface area (Å²) in [5.74, 6) is -0.920. The van der Waals surface area contributed by atoms with Crippen molar-refractivity contribution in [3.63, 3.8) is 0 Å². The first kappa shape index (κ1) is 10.4. The molecule has 0 aliphatic carbocycles. The standard InChI is InChI=1S/C13H11NO2/c15-13(16)11-6-7-14-12(9-11)8-10-4-2-1-3-5-10/h1-7,9H,8H2,(H,15,16). The van der Waals surface area contributed by atoms with Crippen LogP contribution in [0.1, 0.15) is 21.6 Å². The molecule has 80 valence electrons. The van der Waals surface area contributed by atoms with Crippen LogP contribution in [0.2, 0.25) is 0 Å². The molecule has 0 bridgehead atoms. The molecule has 1 aromatic carbocycles. The van der Waals surface area contributed by atoms with Gasteiger partial charge in [0.2, 0.25) is 0 Å². The van der Waals surface area contributed by atoms with Crippen molar-refractivity contribution in [1.29, 1.82) is 0 Å². The molecular weight excluding hydrogens is 202 g/mol. The summed E-state index contributed by atoms with van der Waals surface area (Å²) in [5.41, 5.74) is 2.17. The molecule has 1 aromatic heterocycles. The lowest BCUT2D eigenvalue weighted by molar-refractivity contribution is 0.0696. The van der Waals surface area contributed by atoms with Crippen molar-refractivity contribution in [2.24, 2.45) is 0 Å². The lowest BCUT2D eigenvalue weighted by Gasteiger charge is -2.01. The zero-order valence-electron chi connectivity index (χ0n) is 8.63. The Hall–Kier alpha value is -2.16. The lowest BCUT2D eigenvalue weighted by Crippen LogP contribution is -1.99. The summed E-state index contributed by atoms with van der Waals surface area (Å²) < 4.78 is 0. The summed E-state index contributed by atoms with van der Waals surface area (Å²) >= 11 is 0. The summed E-state index contributed by atoms with van der Waals surface area (Å²) in [4.78, 5) is 14.9. The van der Waals surface area contributed by atoms with E-state index in [0.29, 0.717) is 6.42 Å². The van der Waals surface area contributed by atoms with E-state index in [1.54, 1.807) is 6.07 Å². The van der Waals surface area contributed by atoms with Gasteiger partial charge in [-0.15, -0.1) is 0 Å². The van der Waals surface area contributed by atoms with Crippen molar-refractivity contribution >= 4 is 5.97 Å². The number of carboxylic acids is 1. The Morgan fingerprint density at radius 1 is 1.19 bits per heavy atom. The van der Waals surface area contributed by atoms with Crippen molar-refractivity contribution in [3.05, 3.63) is 65.5 Å². The highest BCUT2D eigenvalue weighted by molar-refractivity contribution is 5.87. The molecule has 1 heterocycles. The van der Waals surface area contributed by atoms with E-state index >= 15 is 0 Å². The second-order valence-corrected chi connectivity index (χ2v) is 3.50. The van der Waals surface area contributed by atoms with E-state index in [9.17, 15) is 4.79 Å². The van der Waals surface area contributed by atoms with Gasteiger partial charge in [0.05, 0.1) is 5.56 Å². The fourth-order valence-corrected chi connectivity index (χ4v) is 1.51. The number of nitrogens with zero attached hydrogens (tertiary/aromatic N) is 1. The van der Waals surface area contributed by atoms with Crippen molar-refractivity contribution in [2.45, 2.75) is 6.42 Å². The minimum absolute atomic E-state index is 0.279. The van der Waals surface area contributed by atoms with E-state index in [-0.39, 0.29) is 5.56 Å². The molecule has 1 N–H and O–H groups in total. The van der Waals surface area contributed by atoms with Crippen LogP contribution in [0.3, 0.4) is 0 Å². The lowest BCUT2D eigenvalue weighted by atomic mass is 10.1. The molecule has 0 saturated heterocycles. The maximum atomic E-state index is 10.8. The highest BCUT2D eigenvalue weighted by atomic mass is 16.4. The van der Waals surface area contributed by atoms with E-state index in [2.05, 4.69) is 4.98 Å². The quantitative estimate of drug-likeness (QED) is 0.851. The van der Waals surface area contributed by atoms with Gasteiger partial charge in [0, 0.05) is 18.3 Å². The van der Waals surface area contributed by atoms with Gasteiger partial charge in [-0.1, -0.05) is 30.3 Å². The van der Waals surface area contributed by atoms with E-state index < -0.39 is 5.97 Å². The van der Waals surface area contributed by atoms with Gasteiger partial charge in [-0.05, 0) is 17.7 Å². The first-order valence-electron chi connectivity index (χ1n) is 4.98. The predicted octanol–water partition coefficient (Wildman–Crippen LogP) is 2.37. The third kappa shape index (κ3) is 2.45. The van der Waals surface area contributed by atoms with E-state index in [1.807, 2.05) is 30.3 Å². The zero-order chi connectivity index (χ0) is 11.4. The molecule has 0 fully saturated rings. The van der Waals surface area contributed by atoms with Crippen LogP contribution in [-0.4, -0.2) is 16.1 Å². The number of aromatic nitrogens is 1. The van der Waals surface area contributed by atoms with Gasteiger partial charge in [0.25, 0.3) is 0 Å². The molecule has 16 heavy (non-hydrogen) atoms. The average Bonchev–Trinajstić information content (AvgIpc) is 2.30. The molecule has 2 rings (SSSR count). The molecule has 3 nitrogen and oxygen atoms in total. The number of carbonyl (C=O) groups is 1. The number of hydrogen-bond donors (Lipinski definition) is 1. The van der Waals surface area contributed by atoms with Gasteiger partial charge in [0.1, 0.15) is 0 Å². The van der Waals surface area contributed by atoms with Gasteiger partial charge < -0.3 is 5.11 Å². The highest BCUT2D eigenvalue weighted by Gasteiger charge is 2.04. The van der Waals surface area contributed by atoms with Gasteiger partial charge in [0.15, 0.2) is 0 Å². The van der Waals surface area contributed by atoms with Gasteiger partial charge in [-0.25, -0.2) is 4.79 Å². The SMILES string of the molecule is O=C(O)c1ccnc(Cc2ccccc2)c1. The number of hydrogen-bond acceptors (Lipinski definition) is 2. The largest absolute Gasteiger partial charge is 0.478 e. The number of rotatable bonds is 3. The Morgan fingerprint density at radius 3 is 2.62 bits per heavy atom. The molecule has 0 amide bonds. The van der Waals surface area contributed by atoms with Crippen molar-refractivity contribution in [3.8, 4) is 0 Å². The van der Waals surface area contributed by atoms with Gasteiger partial charge in [-0.2, -0.15) is 0 Å². The summed E-state index contributed by atoms with van der Waals surface area (Å²) in [7, 11) is 0. The molecule has 0 atom stereocenters. The zero-order valence-corrected chi connectivity index (χ0v) is 8.63. The van der Waals surface area contributed by atoms with Crippen LogP contribution in [0.25, 0.3) is 0 Å². The Labute approximate surface area is 93.4 Å². The van der Waals surface area contributed by atoms with Crippen molar-refractivity contribution < 1.29 is 9.90 Å². The van der Waals surface area contributed by atoms with Crippen molar-refractivity contribution in [1.82, 2.24) is 4.98 Å². The monoisotopic (exact) mass is 213 g/mol. The Kier molecular flexibility index (Phi) is 2.96. The fourth-order valence-electron chi connectivity index (χ4n) is 1.51. The smallest absolute Gasteiger partial charge is 0.335 e. The summed E-state index contributed by atoms with van der Waals surface area (Å²) in [6, 6.07) is 13.0. The maximum Gasteiger partial charge on any atom is 0.335 e. The number of carboxylic acid groups (broad SMARTS) is 1. The molecule has 0 aliphatic heterocycles. The Balaban J connectivity index is 2.22. The Bertz CT molecular complexity index is 494. The van der Waals surface area contributed by atoms with E-state index in [1.165, 1.54) is 12.3 Å². The second kappa shape index (κ2) is 4.57. The third-order valence-corrected chi connectivity index (χ3v) is 2.29. The number of benzene rings is 1. The molecule has 3 heteroatoms. The van der Waals surface area contributed by atoms with Crippen molar-refractivity contribution in [2.75, 3.05) is 0 Å². The van der Waals surface area contributed by atoms with Crippen LogP contribution in [0, 0.1) is 0 Å². The minimum atomic E-state index is -0.920. The molecule has 0 spiro atoms. The minimum Gasteiger partial charge on any atom is -0.478 e. The van der Waals surface area contributed by atoms with E-state index in [0.717, 1.165) is 11.3 Å². The molecular formula is C13H11NO2. The first-order valence-corrected chi connectivity index (χ1v) is 4.98. The van der Waals surface area contributed by atoms with E-state index in [4.69, 9.17) is 5.11 Å². The van der Waals surface area contributed by atoms with Crippen LogP contribution >= 0.6 is 0 Å². The van der Waals surface area contributed by atoms with Gasteiger partial charge in [-0.3, -0.25) is 4.98 Å². The van der Waals surface area contributed by atoms with Gasteiger partial charge >= 0.3 is 5.97 Å². The topological polar surface area (TPSA) is 50.2 Å². The summed E-state index contributed by atoms with van der Waals surface area (Å²) in [6.45, 7) is 0. The van der Waals surface area contributed by atoms with Crippen LogP contribution < -0.4 is 0 Å². The third-order valence-electron chi connectivity index (χ3n) is 2.29.